The number of rotatable bonds is 9. The van der Waals surface area contributed by atoms with E-state index < -0.39 is 23.9 Å². The molecule has 116 valence electrons. The molecular formula is C12H20O8. The minimum atomic E-state index is -1.08. The van der Waals surface area contributed by atoms with Crippen LogP contribution in [0.25, 0.3) is 0 Å². The zero-order chi connectivity index (χ0) is 16.0. The predicted molar refractivity (Wildman–Crippen MR) is 67.2 cm³/mol. The minimum absolute atomic E-state index is 0.0287. The second-order valence-corrected chi connectivity index (χ2v) is 3.76. The van der Waals surface area contributed by atoms with Gasteiger partial charge in [0.05, 0.1) is 32.3 Å². The Morgan fingerprint density at radius 1 is 0.800 bits per heavy atom. The summed E-state index contributed by atoms with van der Waals surface area (Å²) in [5.74, 6) is -3.55. The first-order valence-electron chi connectivity index (χ1n) is 6.10. The first kappa shape index (κ1) is 20.2. The van der Waals surface area contributed by atoms with Gasteiger partial charge in [-0.1, -0.05) is 13.3 Å². The molecule has 0 aromatic heterocycles. The maximum atomic E-state index is 10.7. The van der Waals surface area contributed by atoms with Crippen molar-refractivity contribution >= 4 is 23.9 Å². The van der Waals surface area contributed by atoms with Gasteiger partial charge in [-0.05, 0) is 6.42 Å². The lowest BCUT2D eigenvalue weighted by Gasteiger charge is -2.01. The number of esters is 1. The van der Waals surface area contributed by atoms with Gasteiger partial charge in [-0.2, -0.15) is 0 Å². The summed E-state index contributed by atoms with van der Waals surface area (Å²) < 4.78 is 4.73. The summed E-state index contributed by atoms with van der Waals surface area (Å²) >= 11 is 0. The molecule has 0 saturated heterocycles. The third-order valence-corrected chi connectivity index (χ3v) is 1.86. The molecular weight excluding hydrogens is 272 g/mol. The summed E-state index contributed by atoms with van der Waals surface area (Å²) in [6.45, 7) is 2.39. The lowest BCUT2D eigenvalue weighted by molar-refractivity contribution is -0.147. The molecule has 0 spiro atoms. The molecule has 0 aromatic carbocycles. The van der Waals surface area contributed by atoms with Crippen LogP contribution in [-0.4, -0.2) is 45.8 Å². The van der Waals surface area contributed by atoms with Gasteiger partial charge in [-0.15, -0.1) is 0 Å². The average molecular weight is 292 g/mol. The molecule has 0 aliphatic rings. The molecule has 0 heterocycles. The van der Waals surface area contributed by atoms with Crippen molar-refractivity contribution in [3.8, 4) is 0 Å². The van der Waals surface area contributed by atoms with Crippen molar-refractivity contribution in [1.82, 2.24) is 0 Å². The Kier molecular flexibility index (Phi) is 13.4. The third-order valence-electron chi connectivity index (χ3n) is 1.86. The van der Waals surface area contributed by atoms with E-state index in [1.54, 1.807) is 0 Å². The monoisotopic (exact) mass is 292 g/mol. The van der Waals surface area contributed by atoms with Crippen LogP contribution in [0.3, 0.4) is 0 Å². The molecule has 20 heavy (non-hydrogen) atoms. The maximum absolute atomic E-state index is 10.7. The van der Waals surface area contributed by atoms with E-state index in [1.807, 2.05) is 6.92 Å². The van der Waals surface area contributed by atoms with Crippen LogP contribution in [0.15, 0.2) is 0 Å². The number of aliphatic carboxylic acids is 3. The van der Waals surface area contributed by atoms with Crippen LogP contribution in [-0.2, 0) is 23.9 Å². The Bertz CT molecular complexity index is 309. The number of carboxylic acids is 3. The molecule has 0 rings (SSSR count). The van der Waals surface area contributed by atoms with Crippen LogP contribution in [0.1, 0.15) is 45.4 Å². The Morgan fingerprint density at radius 3 is 1.55 bits per heavy atom. The van der Waals surface area contributed by atoms with E-state index in [4.69, 9.17) is 20.1 Å². The van der Waals surface area contributed by atoms with Crippen molar-refractivity contribution in [2.24, 2.45) is 0 Å². The summed E-state index contributed by atoms with van der Waals surface area (Å²) in [7, 11) is 0. The van der Waals surface area contributed by atoms with Crippen LogP contribution < -0.4 is 0 Å². The van der Waals surface area contributed by atoms with E-state index in [0.29, 0.717) is 6.61 Å². The second-order valence-electron chi connectivity index (χ2n) is 3.76. The number of carboxylic acid groups (broad SMARTS) is 3. The average Bonchev–Trinajstić information content (AvgIpc) is 2.35. The van der Waals surface area contributed by atoms with Crippen molar-refractivity contribution in [3.63, 3.8) is 0 Å². The molecule has 8 heteroatoms. The normalized spacial score (nSPS) is 9.05. The van der Waals surface area contributed by atoms with Crippen molar-refractivity contribution in [1.29, 1.82) is 0 Å². The quantitative estimate of drug-likeness (QED) is 0.424. The number of carbonyl (C=O) groups excluding carboxylic acids is 1. The van der Waals surface area contributed by atoms with Crippen LogP contribution in [0.5, 0.6) is 0 Å². The number of hydrogen-bond acceptors (Lipinski definition) is 5. The summed E-state index contributed by atoms with van der Waals surface area (Å²) in [5, 5.41) is 24.0. The lowest BCUT2D eigenvalue weighted by Crippen LogP contribution is -2.08. The van der Waals surface area contributed by atoms with E-state index in [0.717, 1.165) is 12.8 Å². The molecule has 0 unspecified atom stereocenters. The molecule has 0 atom stereocenters. The fraction of sp³-hybridized carbons (Fsp3) is 0.667. The Morgan fingerprint density at radius 2 is 1.20 bits per heavy atom. The van der Waals surface area contributed by atoms with Crippen molar-refractivity contribution in [2.75, 3.05) is 6.61 Å². The standard InChI is InChI=1S/C8H14O4.C4H6O4/c1-2-3-6-12-8(11)5-4-7(9)10;5-3(6)1-2-4(7)8/h2-6H2,1H3,(H,9,10);1-2H2,(H,5,6)(H,7,8). The summed E-state index contributed by atoms with van der Waals surface area (Å²) in [6.07, 6.45) is 1.03. The Labute approximate surface area is 116 Å². The first-order valence-corrected chi connectivity index (χ1v) is 6.10. The molecule has 0 amide bonds. The second kappa shape index (κ2) is 13.3. The fourth-order valence-electron chi connectivity index (χ4n) is 0.825. The van der Waals surface area contributed by atoms with Gasteiger partial charge >= 0.3 is 23.9 Å². The van der Waals surface area contributed by atoms with E-state index in [9.17, 15) is 19.2 Å². The van der Waals surface area contributed by atoms with Crippen LogP contribution in [0, 0.1) is 0 Å². The van der Waals surface area contributed by atoms with Gasteiger partial charge in [0, 0.05) is 0 Å². The zero-order valence-corrected chi connectivity index (χ0v) is 11.3. The van der Waals surface area contributed by atoms with E-state index in [-0.39, 0.29) is 25.7 Å². The van der Waals surface area contributed by atoms with Gasteiger partial charge in [0.15, 0.2) is 0 Å². The summed E-state index contributed by atoms with van der Waals surface area (Å²) in [4.78, 5) is 40.0. The van der Waals surface area contributed by atoms with Crippen LogP contribution in [0.2, 0.25) is 0 Å². The molecule has 0 aliphatic carbocycles. The van der Waals surface area contributed by atoms with E-state index in [2.05, 4.69) is 0 Å². The van der Waals surface area contributed by atoms with Crippen molar-refractivity contribution < 1.29 is 39.2 Å². The van der Waals surface area contributed by atoms with E-state index in [1.165, 1.54) is 0 Å². The first-order chi connectivity index (χ1) is 9.29. The third kappa shape index (κ3) is 21.2. The minimum Gasteiger partial charge on any atom is -0.481 e. The molecule has 0 radical (unpaired) electrons. The summed E-state index contributed by atoms with van der Waals surface area (Å²) in [5.41, 5.74) is 0. The predicted octanol–water partition coefficient (Wildman–Crippen LogP) is 1.13. The molecule has 3 N–H and O–H groups in total. The van der Waals surface area contributed by atoms with Crippen molar-refractivity contribution in [2.45, 2.75) is 45.4 Å². The molecule has 8 nitrogen and oxygen atoms in total. The molecule has 0 saturated carbocycles. The number of ether oxygens (including phenoxy) is 1. The van der Waals surface area contributed by atoms with Gasteiger partial charge in [0.25, 0.3) is 0 Å². The number of hydrogen-bond donors (Lipinski definition) is 3. The number of unbranched alkanes of at least 4 members (excludes halogenated alkanes) is 1. The molecule has 0 fully saturated rings. The highest BCUT2D eigenvalue weighted by Crippen LogP contribution is 1.95. The van der Waals surface area contributed by atoms with Gasteiger partial charge in [-0.25, -0.2) is 0 Å². The van der Waals surface area contributed by atoms with Crippen molar-refractivity contribution in [3.05, 3.63) is 0 Å². The largest absolute Gasteiger partial charge is 0.481 e. The smallest absolute Gasteiger partial charge is 0.306 e. The van der Waals surface area contributed by atoms with E-state index >= 15 is 0 Å². The number of carbonyl (C=O) groups is 4. The zero-order valence-electron chi connectivity index (χ0n) is 11.3. The SMILES string of the molecule is CCCCOC(=O)CCC(=O)O.O=C(O)CCC(=O)O. The van der Waals surface area contributed by atoms with Crippen LogP contribution >= 0.6 is 0 Å². The lowest BCUT2D eigenvalue weighted by atomic mass is 10.3. The maximum Gasteiger partial charge on any atom is 0.306 e. The highest BCUT2D eigenvalue weighted by molar-refractivity contribution is 5.76. The Hall–Kier alpha value is -2.12. The van der Waals surface area contributed by atoms with Gasteiger partial charge in [-0.3, -0.25) is 19.2 Å². The van der Waals surface area contributed by atoms with Gasteiger partial charge < -0.3 is 20.1 Å². The molecule has 0 aromatic rings. The highest BCUT2D eigenvalue weighted by atomic mass is 16.5. The Balaban J connectivity index is 0. The van der Waals surface area contributed by atoms with Gasteiger partial charge in [0.2, 0.25) is 0 Å². The fourth-order valence-corrected chi connectivity index (χ4v) is 0.825. The molecule has 0 aliphatic heterocycles. The van der Waals surface area contributed by atoms with Crippen LogP contribution in [0.4, 0.5) is 0 Å². The topological polar surface area (TPSA) is 138 Å². The highest BCUT2D eigenvalue weighted by Gasteiger charge is 2.05. The molecule has 0 bridgehead atoms. The summed E-state index contributed by atoms with van der Waals surface area (Å²) in [6, 6.07) is 0. The van der Waals surface area contributed by atoms with Gasteiger partial charge in [0.1, 0.15) is 0 Å².